The maximum atomic E-state index is 5.94. The summed E-state index contributed by atoms with van der Waals surface area (Å²) < 4.78 is 0. The van der Waals surface area contributed by atoms with Gasteiger partial charge in [0.1, 0.15) is 0 Å². The Kier molecular flexibility index (Phi) is 5.26. The third kappa shape index (κ3) is 7.51. The highest BCUT2D eigenvalue weighted by molar-refractivity contribution is 5.78. The van der Waals surface area contributed by atoms with Crippen LogP contribution in [0.25, 0.3) is 0 Å². The molecule has 0 saturated heterocycles. The van der Waals surface area contributed by atoms with Crippen LogP contribution < -0.4 is 11.5 Å². The van der Waals surface area contributed by atoms with Gasteiger partial charge in [-0.3, -0.25) is 0 Å². The molecule has 0 spiro atoms. The van der Waals surface area contributed by atoms with Crippen molar-refractivity contribution in [2.24, 2.45) is 27.3 Å². The van der Waals surface area contributed by atoms with Gasteiger partial charge in [0.25, 0.3) is 0 Å². The van der Waals surface area contributed by atoms with Crippen molar-refractivity contribution in [1.29, 1.82) is 0 Å². The van der Waals surface area contributed by atoms with Crippen LogP contribution in [0.3, 0.4) is 0 Å². The lowest BCUT2D eigenvalue weighted by Gasteiger charge is -2.35. The fourth-order valence-corrected chi connectivity index (χ4v) is 1.56. The van der Waals surface area contributed by atoms with Crippen molar-refractivity contribution in [3.63, 3.8) is 0 Å². The van der Waals surface area contributed by atoms with Crippen molar-refractivity contribution in [3.05, 3.63) is 0 Å². The molecule has 0 atom stereocenters. The average molecular weight is 228 g/mol. The Bertz CT molecular complexity index is 216. The highest BCUT2D eigenvalue weighted by Gasteiger charge is 2.22. The van der Waals surface area contributed by atoms with Gasteiger partial charge in [0.15, 0.2) is 5.96 Å². The Balaban J connectivity index is 4.71. The van der Waals surface area contributed by atoms with E-state index in [1.54, 1.807) is 0 Å². The van der Waals surface area contributed by atoms with Crippen LogP contribution in [0.1, 0.15) is 41.5 Å². The normalized spacial score (nSPS) is 14.1. The summed E-state index contributed by atoms with van der Waals surface area (Å²) in [7, 11) is 0. The second-order valence-electron chi connectivity index (χ2n) is 6.68. The minimum atomic E-state index is 0.194. The Hall–Kier alpha value is -0.770. The first kappa shape index (κ1) is 15.2. The summed E-state index contributed by atoms with van der Waals surface area (Å²) in [4.78, 5) is 6.21. The third-order valence-corrected chi connectivity index (χ3v) is 1.91. The van der Waals surface area contributed by atoms with Crippen LogP contribution >= 0.6 is 0 Å². The Labute approximate surface area is 100 Å². The summed E-state index contributed by atoms with van der Waals surface area (Å²) in [6.45, 7) is 15.2. The standard InChI is InChI=1S/C12H28N4/c1-11(2,3)7-16(8-12(4,5)6)10(14)15-9-13/h7-9,13H2,1-6H3,(H2,14,15). The minimum Gasteiger partial charge on any atom is -0.370 e. The monoisotopic (exact) mass is 228 g/mol. The average Bonchev–Trinajstić information content (AvgIpc) is 1.97. The molecule has 0 saturated carbocycles. The van der Waals surface area contributed by atoms with Gasteiger partial charge in [-0.2, -0.15) is 0 Å². The number of guanidine groups is 1. The van der Waals surface area contributed by atoms with Crippen LogP contribution in [-0.4, -0.2) is 30.6 Å². The van der Waals surface area contributed by atoms with Crippen LogP contribution in [0.15, 0.2) is 4.99 Å². The molecule has 0 amide bonds. The maximum Gasteiger partial charge on any atom is 0.192 e. The number of aliphatic imine (C=N–C) groups is 1. The third-order valence-electron chi connectivity index (χ3n) is 1.91. The Morgan fingerprint density at radius 1 is 1.00 bits per heavy atom. The van der Waals surface area contributed by atoms with Gasteiger partial charge in [-0.05, 0) is 10.8 Å². The topological polar surface area (TPSA) is 67.6 Å². The number of nitrogens with two attached hydrogens (primary N) is 2. The molecule has 4 heteroatoms. The van der Waals surface area contributed by atoms with E-state index in [1.807, 2.05) is 0 Å². The molecule has 0 aliphatic heterocycles. The summed E-state index contributed by atoms with van der Waals surface area (Å²) in [5.74, 6) is 0.548. The first-order valence-electron chi connectivity index (χ1n) is 5.80. The summed E-state index contributed by atoms with van der Waals surface area (Å²) in [6.07, 6.45) is 0. The van der Waals surface area contributed by atoms with Crippen molar-refractivity contribution < 1.29 is 0 Å². The number of hydrogen-bond donors (Lipinski definition) is 2. The van der Waals surface area contributed by atoms with Crippen LogP contribution in [-0.2, 0) is 0 Å². The van der Waals surface area contributed by atoms with Gasteiger partial charge in [-0.15, -0.1) is 0 Å². The predicted octanol–water partition coefficient (Wildman–Crippen LogP) is 1.61. The summed E-state index contributed by atoms with van der Waals surface area (Å²) in [5.41, 5.74) is 11.7. The molecule has 0 aliphatic rings. The van der Waals surface area contributed by atoms with E-state index in [0.717, 1.165) is 13.1 Å². The van der Waals surface area contributed by atoms with Gasteiger partial charge < -0.3 is 16.4 Å². The van der Waals surface area contributed by atoms with E-state index in [9.17, 15) is 0 Å². The molecule has 0 aromatic heterocycles. The van der Waals surface area contributed by atoms with Crippen molar-refractivity contribution in [1.82, 2.24) is 4.90 Å². The van der Waals surface area contributed by atoms with Crippen molar-refractivity contribution in [3.8, 4) is 0 Å². The Morgan fingerprint density at radius 3 is 1.62 bits per heavy atom. The van der Waals surface area contributed by atoms with Gasteiger partial charge in [0.2, 0.25) is 0 Å². The van der Waals surface area contributed by atoms with Gasteiger partial charge in [-0.1, -0.05) is 41.5 Å². The lowest BCUT2D eigenvalue weighted by molar-refractivity contribution is 0.212. The van der Waals surface area contributed by atoms with E-state index in [-0.39, 0.29) is 17.5 Å². The second kappa shape index (κ2) is 5.53. The van der Waals surface area contributed by atoms with E-state index < -0.39 is 0 Å². The van der Waals surface area contributed by atoms with E-state index in [1.165, 1.54) is 0 Å². The molecule has 0 unspecified atom stereocenters. The molecule has 0 fully saturated rings. The van der Waals surface area contributed by atoms with Gasteiger partial charge >= 0.3 is 0 Å². The quantitative estimate of drug-likeness (QED) is 0.569. The zero-order valence-electron chi connectivity index (χ0n) is 11.7. The number of nitrogens with zero attached hydrogens (tertiary/aromatic N) is 2. The highest BCUT2D eigenvalue weighted by atomic mass is 15.3. The molecular formula is C12H28N4. The molecule has 0 bridgehead atoms. The van der Waals surface area contributed by atoms with Crippen molar-refractivity contribution >= 4 is 5.96 Å². The van der Waals surface area contributed by atoms with E-state index in [2.05, 4.69) is 51.4 Å². The molecule has 0 aromatic carbocycles. The molecule has 0 rings (SSSR count). The zero-order valence-corrected chi connectivity index (χ0v) is 11.7. The molecular weight excluding hydrogens is 200 g/mol. The van der Waals surface area contributed by atoms with Crippen LogP contribution in [0.4, 0.5) is 0 Å². The summed E-state index contributed by atoms with van der Waals surface area (Å²) >= 11 is 0. The lowest BCUT2D eigenvalue weighted by Crippen LogP contribution is -2.46. The van der Waals surface area contributed by atoms with Gasteiger partial charge in [0, 0.05) is 13.1 Å². The second-order valence-corrected chi connectivity index (χ2v) is 6.68. The van der Waals surface area contributed by atoms with Crippen LogP contribution in [0, 0.1) is 10.8 Å². The van der Waals surface area contributed by atoms with E-state index in [0.29, 0.717) is 5.96 Å². The van der Waals surface area contributed by atoms with Crippen LogP contribution in [0.2, 0.25) is 0 Å². The molecule has 0 radical (unpaired) electrons. The fraction of sp³-hybridized carbons (Fsp3) is 0.917. The lowest BCUT2D eigenvalue weighted by atomic mass is 9.92. The van der Waals surface area contributed by atoms with Crippen molar-refractivity contribution in [2.75, 3.05) is 19.8 Å². The van der Waals surface area contributed by atoms with Gasteiger partial charge in [0.05, 0.1) is 6.67 Å². The summed E-state index contributed by atoms with van der Waals surface area (Å²) in [6, 6.07) is 0. The Morgan fingerprint density at radius 2 is 1.38 bits per heavy atom. The van der Waals surface area contributed by atoms with E-state index in [4.69, 9.17) is 11.5 Å². The molecule has 4 N–H and O–H groups in total. The zero-order chi connectivity index (χ0) is 13.0. The van der Waals surface area contributed by atoms with Gasteiger partial charge in [-0.25, -0.2) is 4.99 Å². The largest absolute Gasteiger partial charge is 0.370 e. The molecule has 0 heterocycles. The smallest absolute Gasteiger partial charge is 0.192 e. The number of rotatable bonds is 3. The molecule has 96 valence electrons. The fourth-order valence-electron chi connectivity index (χ4n) is 1.56. The first-order chi connectivity index (χ1) is 7.05. The molecule has 0 aromatic rings. The van der Waals surface area contributed by atoms with Crippen molar-refractivity contribution in [2.45, 2.75) is 41.5 Å². The minimum absolute atomic E-state index is 0.194. The van der Waals surface area contributed by atoms with Crippen LogP contribution in [0.5, 0.6) is 0 Å². The molecule has 16 heavy (non-hydrogen) atoms. The number of hydrogen-bond acceptors (Lipinski definition) is 2. The first-order valence-corrected chi connectivity index (χ1v) is 5.80. The highest BCUT2D eigenvalue weighted by Crippen LogP contribution is 2.20. The summed E-state index contributed by atoms with van der Waals surface area (Å²) in [5, 5.41) is 0. The molecule has 4 nitrogen and oxygen atoms in total. The van der Waals surface area contributed by atoms with E-state index >= 15 is 0 Å². The maximum absolute atomic E-state index is 5.94. The predicted molar refractivity (Wildman–Crippen MR) is 71.2 cm³/mol. The molecule has 0 aliphatic carbocycles. The SMILES string of the molecule is CC(C)(C)CN(CC(C)(C)C)/C(N)=N/CN.